The Morgan fingerprint density at radius 1 is 1.57 bits per heavy atom. The first kappa shape index (κ1) is 6.42. The number of hydrogen-bond donors (Lipinski definition) is 2. The van der Waals surface area contributed by atoms with E-state index in [2.05, 4.69) is 9.93 Å². The SMILES string of the molecule is OCC=COOO. The summed E-state index contributed by atoms with van der Waals surface area (Å²) in [6.45, 7) is -0.136. The van der Waals surface area contributed by atoms with E-state index in [4.69, 9.17) is 10.4 Å². The number of rotatable bonds is 3. The molecule has 7 heavy (non-hydrogen) atoms. The van der Waals surface area contributed by atoms with Crippen LogP contribution < -0.4 is 0 Å². The van der Waals surface area contributed by atoms with Crippen molar-refractivity contribution in [2.75, 3.05) is 6.61 Å². The average Bonchev–Trinajstić information content (AvgIpc) is 1.69. The van der Waals surface area contributed by atoms with Crippen LogP contribution in [0.2, 0.25) is 0 Å². The maximum Gasteiger partial charge on any atom is 0.131 e. The Hall–Kier alpha value is -0.580. The predicted octanol–water partition coefficient (Wildman–Crippen LogP) is -0.0864. The summed E-state index contributed by atoms with van der Waals surface area (Å²) in [5.41, 5.74) is 0. The summed E-state index contributed by atoms with van der Waals surface area (Å²) < 4.78 is 0. The Labute approximate surface area is 40.5 Å². The molecule has 0 bridgehead atoms. The highest BCUT2D eigenvalue weighted by molar-refractivity contribution is 4.69. The number of aliphatic hydroxyl groups excluding tert-OH is 1. The first-order valence-electron chi connectivity index (χ1n) is 1.64. The zero-order valence-corrected chi connectivity index (χ0v) is 3.57. The molecule has 0 spiro atoms. The lowest BCUT2D eigenvalue weighted by molar-refractivity contribution is -0.465. The molecule has 2 N–H and O–H groups in total. The molecule has 0 aliphatic heterocycles. The fourth-order valence-corrected chi connectivity index (χ4v) is 0.107. The van der Waals surface area contributed by atoms with Crippen LogP contribution in [0.4, 0.5) is 0 Å². The molecule has 0 saturated carbocycles. The third-order valence-corrected chi connectivity index (χ3v) is 0.300. The number of hydrogen-bond acceptors (Lipinski definition) is 4. The Balaban J connectivity index is 2.78. The largest absolute Gasteiger partial charge is 0.392 e. The first-order valence-corrected chi connectivity index (χ1v) is 1.64. The molecule has 0 radical (unpaired) electrons. The second kappa shape index (κ2) is 5.42. The molecule has 0 atom stereocenters. The van der Waals surface area contributed by atoms with Crippen LogP contribution in [0.25, 0.3) is 0 Å². The molecule has 0 fully saturated rings. The molecule has 0 aromatic heterocycles. The lowest BCUT2D eigenvalue weighted by Crippen LogP contribution is -1.78. The molecule has 42 valence electrons. The topological polar surface area (TPSA) is 58.9 Å². The highest BCUT2D eigenvalue weighted by Gasteiger charge is 1.67. The highest BCUT2D eigenvalue weighted by atomic mass is 17.5. The van der Waals surface area contributed by atoms with Crippen molar-refractivity contribution in [2.24, 2.45) is 0 Å². The Kier molecular flexibility index (Phi) is 4.97. The maximum absolute atomic E-state index is 7.99. The van der Waals surface area contributed by atoms with Gasteiger partial charge in [0.1, 0.15) is 6.26 Å². The summed E-state index contributed by atoms with van der Waals surface area (Å²) in [6.07, 6.45) is 2.27. The van der Waals surface area contributed by atoms with Crippen LogP contribution in [-0.2, 0) is 9.93 Å². The summed E-state index contributed by atoms with van der Waals surface area (Å²) in [5, 5.41) is 18.6. The fraction of sp³-hybridized carbons (Fsp3) is 0.333. The molecular weight excluding hydrogens is 100 g/mol. The van der Waals surface area contributed by atoms with Crippen molar-refractivity contribution in [1.29, 1.82) is 0 Å². The molecule has 0 aromatic rings. The summed E-state index contributed by atoms with van der Waals surface area (Å²) in [5.74, 6) is 0. The third-order valence-electron chi connectivity index (χ3n) is 0.300. The summed E-state index contributed by atoms with van der Waals surface area (Å²) in [4.78, 5) is 3.79. The fourth-order valence-electron chi connectivity index (χ4n) is 0.107. The van der Waals surface area contributed by atoms with E-state index in [-0.39, 0.29) is 6.61 Å². The molecule has 4 nitrogen and oxygen atoms in total. The van der Waals surface area contributed by atoms with Crippen molar-refractivity contribution >= 4 is 0 Å². The first-order chi connectivity index (χ1) is 3.41. The lowest BCUT2D eigenvalue weighted by atomic mass is 10.7. The van der Waals surface area contributed by atoms with Gasteiger partial charge < -0.3 is 9.99 Å². The van der Waals surface area contributed by atoms with Gasteiger partial charge in [-0.2, -0.15) is 0 Å². The minimum absolute atomic E-state index is 0.136. The molecule has 0 rings (SSSR count). The Morgan fingerprint density at radius 3 is 2.71 bits per heavy atom. The van der Waals surface area contributed by atoms with E-state index >= 15 is 0 Å². The lowest BCUT2D eigenvalue weighted by Gasteiger charge is -1.83. The summed E-state index contributed by atoms with van der Waals surface area (Å²) in [7, 11) is 0. The smallest absolute Gasteiger partial charge is 0.131 e. The van der Waals surface area contributed by atoms with Gasteiger partial charge in [0.25, 0.3) is 0 Å². The summed E-state index contributed by atoms with van der Waals surface area (Å²) >= 11 is 0. The minimum Gasteiger partial charge on any atom is -0.392 e. The van der Waals surface area contributed by atoms with Crippen molar-refractivity contribution in [3.05, 3.63) is 12.3 Å². The van der Waals surface area contributed by atoms with Gasteiger partial charge in [0.15, 0.2) is 0 Å². The van der Waals surface area contributed by atoms with Crippen molar-refractivity contribution in [2.45, 2.75) is 0 Å². The average molecular weight is 106 g/mol. The van der Waals surface area contributed by atoms with Gasteiger partial charge in [0.05, 0.1) is 6.61 Å². The van der Waals surface area contributed by atoms with Gasteiger partial charge >= 0.3 is 0 Å². The van der Waals surface area contributed by atoms with Crippen LogP contribution in [-0.4, -0.2) is 17.0 Å². The van der Waals surface area contributed by atoms with Gasteiger partial charge in [-0.25, -0.2) is 5.26 Å². The molecule has 0 aliphatic rings. The number of aliphatic hydroxyl groups is 1. The molecule has 0 heterocycles. The van der Waals surface area contributed by atoms with E-state index in [0.29, 0.717) is 0 Å². The maximum atomic E-state index is 7.99. The van der Waals surface area contributed by atoms with Crippen molar-refractivity contribution in [3.8, 4) is 0 Å². The highest BCUT2D eigenvalue weighted by Crippen LogP contribution is 1.72. The zero-order valence-electron chi connectivity index (χ0n) is 3.57. The van der Waals surface area contributed by atoms with Crippen LogP contribution in [0, 0.1) is 0 Å². The monoisotopic (exact) mass is 106 g/mol. The van der Waals surface area contributed by atoms with Gasteiger partial charge in [-0.3, -0.25) is 0 Å². The van der Waals surface area contributed by atoms with E-state index in [9.17, 15) is 0 Å². The van der Waals surface area contributed by atoms with Crippen LogP contribution in [0.5, 0.6) is 0 Å². The van der Waals surface area contributed by atoms with E-state index in [0.717, 1.165) is 6.26 Å². The molecule has 4 heteroatoms. The minimum atomic E-state index is -0.136. The van der Waals surface area contributed by atoms with Gasteiger partial charge in [-0.15, -0.1) is 0 Å². The quantitative estimate of drug-likeness (QED) is 0.300. The van der Waals surface area contributed by atoms with Crippen LogP contribution in [0.1, 0.15) is 0 Å². The van der Waals surface area contributed by atoms with E-state index in [1.54, 1.807) is 0 Å². The van der Waals surface area contributed by atoms with E-state index in [1.165, 1.54) is 6.08 Å². The molecule has 0 amide bonds. The van der Waals surface area contributed by atoms with Gasteiger partial charge in [0, 0.05) is 0 Å². The van der Waals surface area contributed by atoms with Gasteiger partial charge in [0.2, 0.25) is 0 Å². The molecule has 0 saturated heterocycles. The van der Waals surface area contributed by atoms with Crippen LogP contribution in [0.3, 0.4) is 0 Å². The molecular formula is C3H6O4. The third kappa shape index (κ3) is 5.42. The Bertz CT molecular complexity index is 50.9. The molecule has 0 aromatic carbocycles. The normalized spacial score (nSPS) is 10.0. The van der Waals surface area contributed by atoms with Crippen molar-refractivity contribution < 1.29 is 20.3 Å². The molecule has 0 aliphatic carbocycles. The van der Waals surface area contributed by atoms with Gasteiger partial charge in [-0.1, -0.05) is 0 Å². The second-order valence-electron chi connectivity index (χ2n) is 0.725. The molecule has 0 unspecified atom stereocenters. The van der Waals surface area contributed by atoms with E-state index < -0.39 is 0 Å². The predicted molar refractivity (Wildman–Crippen MR) is 21.0 cm³/mol. The summed E-state index contributed by atoms with van der Waals surface area (Å²) in [6, 6.07) is 0. The van der Waals surface area contributed by atoms with Crippen LogP contribution in [0.15, 0.2) is 12.3 Å². The standard InChI is InChI=1S/C3H6O4/c4-2-1-3-6-7-5/h1,3-5H,2H2. The van der Waals surface area contributed by atoms with Gasteiger partial charge in [-0.05, 0) is 11.1 Å². The Morgan fingerprint density at radius 2 is 2.29 bits per heavy atom. The van der Waals surface area contributed by atoms with E-state index in [1.807, 2.05) is 0 Å². The van der Waals surface area contributed by atoms with Crippen molar-refractivity contribution in [1.82, 2.24) is 0 Å². The second-order valence-corrected chi connectivity index (χ2v) is 0.725. The zero-order chi connectivity index (χ0) is 5.54. The van der Waals surface area contributed by atoms with Crippen LogP contribution >= 0.6 is 0 Å². The van der Waals surface area contributed by atoms with Crippen molar-refractivity contribution in [3.63, 3.8) is 0 Å².